The third-order valence-corrected chi connectivity index (χ3v) is 3.03. The molecular weight excluding hydrogens is 218 g/mol. The first-order valence-corrected chi connectivity index (χ1v) is 5.80. The summed E-state index contributed by atoms with van der Waals surface area (Å²) in [6.07, 6.45) is 2.01. The van der Waals surface area contributed by atoms with Crippen LogP contribution in [-0.2, 0) is 4.74 Å². The highest BCUT2D eigenvalue weighted by atomic mass is 16.5. The zero-order chi connectivity index (χ0) is 12.3. The molecule has 1 aliphatic rings. The van der Waals surface area contributed by atoms with E-state index in [0.717, 1.165) is 19.4 Å². The van der Waals surface area contributed by atoms with E-state index in [1.54, 1.807) is 12.1 Å². The summed E-state index contributed by atoms with van der Waals surface area (Å²) >= 11 is 0. The highest BCUT2D eigenvalue weighted by Gasteiger charge is 2.30. The van der Waals surface area contributed by atoms with Gasteiger partial charge in [-0.3, -0.25) is 4.79 Å². The fourth-order valence-electron chi connectivity index (χ4n) is 1.99. The van der Waals surface area contributed by atoms with E-state index in [1.165, 1.54) is 12.1 Å². The SMILES string of the molecule is CC1(CNC(=O)c2cccc(O)c2)CCCO1. The Balaban J connectivity index is 1.93. The minimum Gasteiger partial charge on any atom is -0.508 e. The van der Waals surface area contributed by atoms with Gasteiger partial charge in [0.25, 0.3) is 5.91 Å². The molecule has 2 N–H and O–H groups in total. The lowest BCUT2D eigenvalue weighted by atomic mass is 10.0. The largest absolute Gasteiger partial charge is 0.508 e. The van der Waals surface area contributed by atoms with Crippen molar-refractivity contribution < 1.29 is 14.6 Å². The van der Waals surface area contributed by atoms with Crippen LogP contribution in [0.15, 0.2) is 24.3 Å². The number of carbonyl (C=O) groups is 1. The Morgan fingerprint density at radius 3 is 3.06 bits per heavy atom. The van der Waals surface area contributed by atoms with Crippen molar-refractivity contribution in [3.63, 3.8) is 0 Å². The fraction of sp³-hybridized carbons (Fsp3) is 0.462. The minimum absolute atomic E-state index is 0.0981. The zero-order valence-electron chi connectivity index (χ0n) is 9.90. The van der Waals surface area contributed by atoms with Crippen LogP contribution >= 0.6 is 0 Å². The Hall–Kier alpha value is -1.55. The van der Waals surface area contributed by atoms with Crippen LogP contribution in [-0.4, -0.2) is 29.8 Å². The van der Waals surface area contributed by atoms with Gasteiger partial charge in [0.2, 0.25) is 0 Å². The van der Waals surface area contributed by atoms with Gasteiger partial charge in [-0.05, 0) is 38.0 Å². The van der Waals surface area contributed by atoms with Crippen LogP contribution in [0.4, 0.5) is 0 Å². The summed E-state index contributed by atoms with van der Waals surface area (Å²) in [4.78, 5) is 11.8. The third-order valence-electron chi connectivity index (χ3n) is 3.03. The number of aromatic hydroxyl groups is 1. The molecule has 1 saturated heterocycles. The second-order valence-corrected chi connectivity index (χ2v) is 4.63. The summed E-state index contributed by atoms with van der Waals surface area (Å²) < 4.78 is 5.59. The molecule has 1 atom stereocenters. The number of ether oxygens (including phenoxy) is 1. The molecule has 0 bridgehead atoms. The average Bonchev–Trinajstić information content (AvgIpc) is 2.74. The second-order valence-electron chi connectivity index (χ2n) is 4.63. The molecule has 1 heterocycles. The first-order valence-electron chi connectivity index (χ1n) is 5.80. The van der Waals surface area contributed by atoms with E-state index in [9.17, 15) is 9.90 Å². The van der Waals surface area contributed by atoms with Gasteiger partial charge in [0.05, 0.1) is 5.60 Å². The van der Waals surface area contributed by atoms with Crippen molar-refractivity contribution >= 4 is 5.91 Å². The van der Waals surface area contributed by atoms with Crippen LogP contribution in [0.1, 0.15) is 30.1 Å². The lowest BCUT2D eigenvalue weighted by Crippen LogP contribution is -2.40. The summed E-state index contributed by atoms with van der Waals surface area (Å²) in [6, 6.07) is 6.32. The molecule has 1 aliphatic heterocycles. The smallest absolute Gasteiger partial charge is 0.251 e. The predicted octanol–water partition coefficient (Wildman–Crippen LogP) is 1.69. The molecule has 4 nitrogen and oxygen atoms in total. The maximum Gasteiger partial charge on any atom is 0.251 e. The number of hydrogen-bond acceptors (Lipinski definition) is 3. The van der Waals surface area contributed by atoms with Gasteiger partial charge in [-0.1, -0.05) is 6.07 Å². The highest BCUT2D eigenvalue weighted by molar-refractivity contribution is 5.94. The lowest BCUT2D eigenvalue weighted by Gasteiger charge is -2.23. The average molecular weight is 235 g/mol. The monoisotopic (exact) mass is 235 g/mol. The predicted molar refractivity (Wildman–Crippen MR) is 64.0 cm³/mol. The van der Waals surface area contributed by atoms with E-state index in [0.29, 0.717) is 12.1 Å². The van der Waals surface area contributed by atoms with Crippen LogP contribution in [0.2, 0.25) is 0 Å². The van der Waals surface area contributed by atoms with E-state index < -0.39 is 0 Å². The maximum atomic E-state index is 11.8. The van der Waals surface area contributed by atoms with Crippen LogP contribution in [0, 0.1) is 0 Å². The Morgan fingerprint density at radius 1 is 1.59 bits per heavy atom. The summed E-state index contributed by atoms with van der Waals surface area (Å²) in [7, 11) is 0. The Bertz CT molecular complexity index is 411. The van der Waals surface area contributed by atoms with E-state index in [4.69, 9.17) is 4.74 Å². The van der Waals surface area contributed by atoms with E-state index in [-0.39, 0.29) is 17.3 Å². The number of phenols is 1. The Morgan fingerprint density at radius 2 is 2.41 bits per heavy atom. The topological polar surface area (TPSA) is 58.6 Å². The molecule has 2 rings (SSSR count). The van der Waals surface area contributed by atoms with E-state index in [2.05, 4.69) is 5.32 Å². The van der Waals surface area contributed by atoms with Crippen LogP contribution in [0.25, 0.3) is 0 Å². The van der Waals surface area contributed by atoms with Gasteiger partial charge in [-0.25, -0.2) is 0 Å². The molecule has 17 heavy (non-hydrogen) atoms. The molecule has 0 spiro atoms. The molecule has 0 aromatic heterocycles. The number of hydrogen-bond donors (Lipinski definition) is 2. The van der Waals surface area contributed by atoms with E-state index in [1.807, 2.05) is 6.92 Å². The number of carbonyl (C=O) groups excluding carboxylic acids is 1. The molecule has 0 aliphatic carbocycles. The minimum atomic E-state index is -0.244. The van der Waals surface area contributed by atoms with Crippen molar-refractivity contribution in [2.24, 2.45) is 0 Å². The van der Waals surface area contributed by atoms with E-state index >= 15 is 0 Å². The lowest BCUT2D eigenvalue weighted by molar-refractivity contribution is 0.0206. The standard InChI is InChI=1S/C13H17NO3/c1-13(6-3-7-17-13)9-14-12(16)10-4-2-5-11(15)8-10/h2,4-5,8,15H,3,6-7,9H2,1H3,(H,14,16). The third kappa shape index (κ3) is 2.97. The number of nitrogens with one attached hydrogen (secondary N) is 1. The van der Waals surface area contributed by atoms with Crippen LogP contribution < -0.4 is 5.32 Å². The van der Waals surface area contributed by atoms with Gasteiger partial charge in [-0.15, -0.1) is 0 Å². The molecule has 1 aromatic rings. The van der Waals surface area contributed by atoms with Crippen LogP contribution in [0.3, 0.4) is 0 Å². The molecular formula is C13H17NO3. The summed E-state index contributed by atoms with van der Waals surface area (Å²) in [5.41, 5.74) is 0.221. The number of benzene rings is 1. The van der Waals surface area contributed by atoms with Crippen molar-refractivity contribution in [2.75, 3.05) is 13.2 Å². The first-order chi connectivity index (χ1) is 8.09. The van der Waals surface area contributed by atoms with Crippen molar-refractivity contribution in [2.45, 2.75) is 25.4 Å². The van der Waals surface area contributed by atoms with Crippen molar-refractivity contribution in [1.82, 2.24) is 5.32 Å². The van der Waals surface area contributed by atoms with Gasteiger partial charge in [0.15, 0.2) is 0 Å². The molecule has 1 fully saturated rings. The van der Waals surface area contributed by atoms with Crippen molar-refractivity contribution in [1.29, 1.82) is 0 Å². The van der Waals surface area contributed by atoms with Gasteiger partial charge < -0.3 is 15.2 Å². The number of phenolic OH excluding ortho intramolecular Hbond substituents is 1. The molecule has 1 amide bonds. The normalized spacial score (nSPS) is 23.6. The van der Waals surface area contributed by atoms with Crippen molar-refractivity contribution in [3.05, 3.63) is 29.8 Å². The second kappa shape index (κ2) is 4.75. The highest BCUT2D eigenvalue weighted by Crippen LogP contribution is 2.24. The molecule has 4 heteroatoms. The molecule has 1 unspecified atom stereocenters. The van der Waals surface area contributed by atoms with Gasteiger partial charge >= 0.3 is 0 Å². The first kappa shape index (κ1) is 11.9. The molecule has 0 saturated carbocycles. The Labute approximate surface area is 101 Å². The molecule has 0 radical (unpaired) electrons. The van der Waals surface area contributed by atoms with Gasteiger partial charge in [0, 0.05) is 18.7 Å². The number of amides is 1. The molecule has 1 aromatic carbocycles. The quantitative estimate of drug-likeness (QED) is 0.838. The summed E-state index contributed by atoms with van der Waals surface area (Å²) in [6.45, 7) is 3.27. The number of rotatable bonds is 3. The Kier molecular flexibility index (Phi) is 3.33. The molecule has 92 valence electrons. The van der Waals surface area contributed by atoms with Crippen molar-refractivity contribution in [3.8, 4) is 5.75 Å². The maximum absolute atomic E-state index is 11.8. The van der Waals surface area contributed by atoms with Gasteiger partial charge in [0.1, 0.15) is 5.75 Å². The fourth-order valence-corrected chi connectivity index (χ4v) is 1.99. The summed E-state index contributed by atoms with van der Waals surface area (Å²) in [5, 5.41) is 12.1. The summed E-state index contributed by atoms with van der Waals surface area (Å²) in [5.74, 6) is -0.0846. The zero-order valence-corrected chi connectivity index (χ0v) is 9.90. The van der Waals surface area contributed by atoms with Gasteiger partial charge in [-0.2, -0.15) is 0 Å². The van der Waals surface area contributed by atoms with Crippen LogP contribution in [0.5, 0.6) is 5.75 Å².